The Hall–Kier alpha value is -4.97. The highest BCUT2D eigenvalue weighted by atomic mass is 16.6. The van der Waals surface area contributed by atoms with E-state index in [-0.39, 0.29) is 38.0 Å². The maximum absolute atomic E-state index is 12.8. The Morgan fingerprint density at radius 3 is 1.15 bits per heavy atom. The highest BCUT2D eigenvalue weighted by molar-refractivity contribution is 5.71. The molecule has 0 bridgehead atoms. The topological polar surface area (TPSA) is 78.9 Å². The summed E-state index contributed by atoms with van der Waals surface area (Å²) >= 11 is 0. The van der Waals surface area contributed by atoms with Gasteiger partial charge in [-0.1, -0.05) is 204 Å². The third kappa shape index (κ3) is 49.9. The van der Waals surface area contributed by atoms with Crippen molar-refractivity contribution in [2.24, 2.45) is 0 Å². The standard InChI is InChI=1S/C59H88O6/c1-4-7-10-13-16-19-22-25-27-29-31-32-34-37-40-43-46-49-52-58(61)64-55-56(54-63-57(60)51-48-45-42-39-36-24-21-18-15-12-9-6-3)65-59(62)53-50-47-44-41-38-35-33-30-28-26-23-20-17-14-11-8-5-2/h8-13,16-22,25-29,31-33,35-36,39,41,44,56H,4-7,14-15,23-24,30,34,37-38,40,42-43,45-55H2,1-3H3/b11-8-,12-9-,13-10-,19-16-,20-17-,21-18-,25-22-,28-26-,29-27-,32-31-,35-33-,39-36-,44-41-. The van der Waals surface area contributed by atoms with Crippen molar-refractivity contribution in [3.63, 3.8) is 0 Å². The lowest BCUT2D eigenvalue weighted by Gasteiger charge is -2.18. The first-order chi connectivity index (χ1) is 32.0. The fraction of sp³-hybridized carbons (Fsp3) is 0.508. The van der Waals surface area contributed by atoms with E-state index < -0.39 is 12.1 Å². The fourth-order valence-corrected chi connectivity index (χ4v) is 5.93. The highest BCUT2D eigenvalue weighted by Crippen LogP contribution is 2.11. The maximum Gasteiger partial charge on any atom is 0.306 e. The lowest BCUT2D eigenvalue weighted by Crippen LogP contribution is -2.30. The smallest absolute Gasteiger partial charge is 0.306 e. The second kappa shape index (κ2) is 51.7. The molecule has 0 amide bonds. The van der Waals surface area contributed by atoms with Gasteiger partial charge in [0.25, 0.3) is 0 Å². The molecule has 0 aromatic carbocycles. The van der Waals surface area contributed by atoms with Crippen molar-refractivity contribution < 1.29 is 28.6 Å². The molecular weight excluding hydrogens is 805 g/mol. The number of allylic oxidation sites excluding steroid dienone is 26. The molecule has 0 rings (SSSR count). The Morgan fingerprint density at radius 2 is 0.677 bits per heavy atom. The number of hydrogen-bond acceptors (Lipinski definition) is 6. The van der Waals surface area contributed by atoms with E-state index in [1.807, 2.05) is 36.5 Å². The van der Waals surface area contributed by atoms with Gasteiger partial charge in [-0.05, 0) is 109 Å². The van der Waals surface area contributed by atoms with Crippen molar-refractivity contribution in [3.8, 4) is 0 Å². The van der Waals surface area contributed by atoms with Gasteiger partial charge in [-0.3, -0.25) is 14.4 Å². The number of carbonyl (C=O) groups excluding carboxylic acids is 3. The van der Waals surface area contributed by atoms with Crippen LogP contribution >= 0.6 is 0 Å². The Balaban J connectivity index is 4.62. The largest absolute Gasteiger partial charge is 0.462 e. The van der Waals surface area contributed by atoms with E-state index >= 15 is 0 Å². The average Bonchev–Trinajstić information content (AvgIpc) is 3.30. The minimum Gasteiger partial charge on any atom is -0.462 e. The summed E-state index contributed by atoms with van der Waals surface area (Å²) in [5.41, 5.74) is 0. The molecule has 0 aliphatic carbocycles. The zero-order valence-corrected chi connectivity index (χ0v) is 40.9. The van der Waals surface area contributed by atoms with E-state index in [1.165, 1.54) is 6.42 Å². The molecule has 1 atom stereocenters. The third-order valence-corrected chi connectivity index (χ3v) is 9.61. The first-order valence-corrected chi connectivity index (χ1v) is 25.1. The summed E-state index contributed by atoms with van der Waals surface area (Å²) in [5, 5.41) is 0. The van der Waals surface area contributed by atoms with Crippen LogP contribution in [0.3, 0.4) is 0 Å². The van der Waals surface area contributed by atoms with Crippen molar-refractivity contribution in [1.29, 1.82) is 0 Å². The van der Waals surface area contributed by atoms with Crippen LogP contribution < -0.4 is 0 Å². The minimum atomic E-state index is -0.842. The van der Waals surface area contributed by atoms with Crippen molar-refractivity contribution in [2.75, 3.05) is 13.2 Å². The van der Waals surface area contributed by atoms with Crippen LogP contribution in [0.2, 0.25) is 0 Å². The molecule has 6 nitrogen and oxygen atoms in total. The average molecular weight is 893 g/mol. The van der Waals surface area contributed by atoms with Crippen molar-refractivity contribution >= 4 is 17.9 Å². The van der Waals surface area contributed by atoms with Gasteiger partial charge in [-0.2, -0.15) is 0 Å². The summed E-state index contributed by atoms with van der Waals surface area (Å²) in [4.78, 5) is 37.9. The molecule has 0 saturated heterocycles. The van der Waals surface area contributed by atoms with Crippen molar-refractivity contribution in [3.05, 3.63) is 158 Å². The summed E-state index contributed by atoms with van der Waals surface area (Å²) in [5.74, 6) is -1.07. The number of ether oxygens (including phenoxy) is 3. The van der Waals surface area contributed by atoms with Gasteiger partial charge in [-0.25, -0.2) is 0 Å². The lowest BCUT2D eigenvalue weighted by atomic mass is 10.1. The minimum absolute atomic E-state index is 0.135. The van der Waals surface area contributed by atoms with Gasteiger partial charge in [0.1, 0.15) is 13.2 Å². The van der Waals surface area contributed by atoms with E-state index in [2.05, 4.69) is 142 Å². The highest BCUT2D eigenvalue weighted by Gasteiger charge is 2.19. The SMILES string of the molecule is CC/C=C\C/C=C\C/C=C\C/C=C\C/C=C\CCCC(=O)OC(COC(=O)CCCC/C=C\C/C=C\C/C=C\CC)COC(=O)CCCCCCC\C=C/C=C\C=C/C=C\C=C/CCC. The van der Waals surface area contributed by atoms with E-state index in [0.717, 1.165) is 116 Å². The molecule has 0 saturated carbocycles. The van der Waals surface area contributed by atoms with Crippen LogP contribution in [-0.4, -0.2) is 37.2 Å². The zero-order valence-electron chi connectivity index (χ0n) is 40.9. The molecule has 0 spiro atoms. The Labute approximate surface area is 397 Å². The van der Waals surface area contributed by atoms with E-state index in [4.69, 9.17) is 14.2 Å². The summed E-state index contributed by atoms with van der Waals surface area (Å²) in [6, 6.07) is 0. The van der Waals surface area contributed by atoms with E-state index in [1.54, 1.807) is 0 Å². The second-order valence-electron chi connectivity index (χ2n) is 15.7. The Morgan fingerprint density at radius 1 is 0.338 bits per heavy atom. The monoisotopic (exact) mass is 893 g/mol. The zero-order chi connectivity index (χ0) is 47.2. The predicted octanol–water partition coefficient (Wildman–Crippen LogP) is 16.6. The molecular formula is C59H88O6. The van der Waals surface area contributed by atoms with Gasteiger partial charge in [-0.15, -0.1) is 0 Å². The number of esters is 3. The van der Waals surface area contributed by atoms with Crippen LogP contribution in [-0.2, 0) is 28.6 Å². The summed E-state index contributed by atoms with van der Waals surface area (Å²) in [6.45, 7) is 6.18. The van der Waals surface area contributed by atoms with Crippen molar-refractivity contribution in [2.45, 2.75) is 181 Å². The lowest BCUT2D eigenvalue weighted by molar-refractivity contribution is -0.167. The molecule has 0 radical (unpaired) electrons. The molecule has 0 fully saturated rings. The molecule has 65 heavy (non-hydrogen) atoms. The molecule has 0 N–H and O–H groups in total. The molecule has 0 aliphatic rings. The molecule has 0 aromatic heterocycles. The van der Waals surface area contributed by atoms with Crippen LogP contribution in [0.1, 0.15) is 175 Å². The molecule has 360 valence electrons. The van der Waals surface area contributed by atoms with Crippen LogP contribution in [0.15, 0.2) is 158 Å². The van der Waals surface area contributed by atoms with Gasteiger partial charge in [0.05, 0.1) is 0 Å². The summed E-state index contributed by atoms with van der Waals surface area (Å²) in [7, 11) is 0. The predicted molar refractivity (Wildman–Crippen MR) is 278 cm³/mol. The number of hydrogen-bond donors (Lipinski definition) is 0. The van der Waals surface area contributed by atoms with Gasteiger partial charge in [0.15, 0.2) is 6.10 Å². The first kappa shape index (κ1) is 60.0. The molecule has 1 unspecified atom stereocenters. The third-order valence-electron chi connectivity index (χ3n) is 9.61. The Bertz CT molecular complexity index is 1540. The van der Waals surface area contributed by atoms with Gasteiger partial charge in [0.2, 0.25) is 0 Å². The van der Waals surface area contributed by atoms with Gasteiger partial charge in [0, 0.05) is 19.3 Å². The first-order valence-electron chi connectivity index (χ1n) is 25.1. The van der Waals surface area contributed by atoms with Crippen molar-refractivity contribution in [1.82, 2.24) is 0 Å². The number of unbranched alkanes of at least 4 members (excludes halogenated alkanes) is 9. The van der Waals surface area contributed by atoms with Crippen LogP contribution in [0.25, 0.3) is 0 Å². The van der Waals surface area contributed by atoms with Gasteiger partial charge < -0.3 is 14.2 Å². The number of rotatable bonds is 42. The Kier molecular flexibility index (Phi) is 47.7. The van der Waals surface area contributed by atoms with Crippen LogP contribution in [0.4, 0.5) is 0 Å². The summed E-state index contributed by atoms with van der Waals surface area (Å²) in [6.07, 6.45) is 75.1. The quantitative estimate of drug-likeness (QED) is 0.0200. The van der Waals surface area contributed by atoms with Crippen LogP contribution in [0, 0.1) is 0 Å². The van der Waals surface area contributed by atoms with E-state index in [9.17, 15) is 14.4 Å². The molecule has 0 aliphatic heterocycles. The molecule has 0 heterocycles. The fourth-order valence-electron chi connectivity index (χ4n) is 5.93. The summed E-state index contributed by atoms with van der Waals surface area (Å²) < 4.78 is 16.7. The van der Waals surface area contributed by atoms with Crippen LogP contribution in [0.5, 0.6) is 0 Å². The second-order valence-corrected chi connectivity index (χ2v) is 15.7. The number of carbonyl (C=O) groups is 3. The maximum atomic E-state index is 12.8. The van der Waals surface area contributed by atoms with E-state index in [0.29, 0.717) is 19.3 Å². The normalized spacial score (nSPS) is 13.5. The molecule has 6 heteroatoms. The van der Waals surface area contributed by atoms with Gasteiger partial charge >= 0.3 is 17.9 Å². The molecule has 0 aromatic rings.